The van der Waals surface area contributed by atoms with Gasteiger partial charge in [0.2, 0.25) is 5.28 Å². The van der Waals surface area contributed by atoms with E-state index in [2.05, 4.69) is 15.3 Å². The summed E-state index contributed by atoms with van der Waals surface area (Å²) < 4.78 is 10.5. The van der Waals surface area contributed by atoms with Gasteiger partial charge in [0.15, 0.2) is 11.0 Å². The molecule has 2 atom stereocenters. The topological polar surface area (TPSA) is 59.6 Å². The van der Waals surface area contributed by atoms with Crippen molar-refractivity contribution in [2.24, 2.45) is 0 Å². The lowest BCUT2D eigenvalue weighted by atomic mass is 10.3. The van der Waals surface area contributed by atoms with Crippen LogP contribution in [0, 0.1) is 0 Å². The Morgan fingerprint density at radius 2 is 2.17 bits per heavy atom. The number of hydrogen-bond donors (Lipinski definition) is 1. The highest BCUT2D eigenvalue weighted by atomic mass is 35.5. The van der Waals surface area contributed by atoms with E-state index in [4.69, 9.17) is 44.3 Å². The lowest BCUT2D eigenvalue weighted by Gasteiger charge is -2.15. The van der Waals surface area contributed by atoms with Crippen LogP contribution < -0.4 is 5.32 Å². The molecule has 0 bridgehead atoms. The number of hydrogen-bond acceptors (Lipinski definition) is 5. The summed E-state index contributed by atoms with van der Waals surface area (Å²) in [5, 5.41) is 3.49. The van der Waals surface area contributed by atoms with E-state index in [-0.39, 0.29) is 27.6 Å². The monoisotopic (exact) mass is 311 g/mol. The van der Waals surface area contributed by atoms with Gasteiger partial charge in [-0.2, -0.15) is 4.98 Å². The summed E-state index contributed by atoms with van der Waals surface area (Å²) in [6.45, 7) is 3.83. The van der Waals surface area contributed by atoms with E-state index in [0.29, 0.717) is 19.0 Å². The molecule has 1 aromatic heterocycles. The van der Waals surface area contributed by atoms with E-state index >= 15 is 0 Å². The fourth-order valence-corrected chi connectivity index (χ4v) is 1.83. The average molecular weight is 313 g/mol. The molecule has 1 aromatic rings. The molecule has 0 unspecified atom stereocenters. The highest BCUT2D eigenvalue weighted by Crippen LogP contribution is 2.28. The molecule has 0 amide bonds. The molecule has 0 radical (unpaired) electrons. The van der Waals surface area contributed by atoms with E-state index in [1.54, 1.807) is 0 Å². The van der Waals surface area contributed by atoms with E-state index in [9.17, 15) is 0 Å². The summed E-state index contributed by atoms with van der Waals surface area (Å²) in [4.78, 5) is 7.71. The van der Waals surface area contributed by atoms with Crippen molar-refractivity contribution in [3.05, 3.63) is 15.5 Å². The van der Waals surface area contributed by atoms with Crippen molar-refractivity contribution >= 4 is 40.6 Å². The third-order valence-electron chi connectivity index (χ3n) is 2.24. The first-order valence-corrected chi connectivity index (χ1v) is 6.54. The second-order valence-corrected chi connectivity index (χ2v) is 5.06. The van der Waals surface area contributed by atoms with Gasteiger partial charge < -0.3 is 14.8 Å². The molecule has 1 aliphatic heterocycles. The molecular formula is C10H12Cl3N3O2. The third-order valence-corrected chi connectivity index (χ3v) is 3.14. The Kier molecular flexibility index (Phi) is 4.86. The van der Waals surface area contributed by atoms with Crippen LogP contribution in [0.15, 0.2) is 0 Å². The van der Waals surface area contributed by atoms with Crippen LogP contribution in [0.25, 0.3) is 0 Å². The summed E-state index contributed by atoms with van der Waals surface area (Å²) in [6, 6.07) is 0.0169. The lowest BCUT2D eigenvalue weighted by Crippen LogP contribution is -2.23. The van der Waals surface area contributed by atoms with Gasteiger partial charge in [0, 0.05) is 6.04 Å². The van der Waals surface area contributed by atoms with E-state index in [1.807, 2.05) is 6.92 Å². The van der Waals surface area contributed by atoms with Crippen molar-refractivity contribution in [2.45, 2.75) is 19.1 Å². The molecule has 2 heterocycles. The van der Waals surface area contributed by atoms with Crippen LogP contribution in [0.2, 0.25) is 15.5 Å². The van der Waals surface area contributed by atoms with Crippen LogP contribution in [0.1, 0.15) is 6.92 Å². The predicted molar refractivity (Wildman–Crippen MR) is 70.7 cm³/mol. The number of aromatic nitrogens is 2. The number of nitrogens with zero attached hydrogens (tertiary/aromatic N) is 2. The Balaban J connectivity index is 1.86. The number of anilines is 1. The number of halogens is 3. The zero-order valence-corrected chi connectivity index (χ0v) is 11.9. The van der Waals surface area contributed by atoms with E-state index in [0.717, 1.165) is 6.61 Å². The fraction of sp³-hybridized carbons (Fsp3) is 0.600. The predicted octanol–water partition coefficient (Wildman–Crippen LogP) is 2.65. The smallest absolute Gasteiger partial charge is 0.225 e. The van der Waals surface area contributed by atoms with Crippen LogP contribution in [-0.4, -0.2) is 41.9 Å². The number of nitrogens with one attached hydrogen (secondary N) is 1. The molecule has 0 saturated carbocycles. The van der Waals surface area contributed by atoms with Crippen molar-refractivity contribution in [3.63, 3.8) is 0 Å². The molecule has 1 aliphatic rings. The fourth-order valence-electron chi connectivity index (χ4n) is 1.31. The van der Waals surface area contributed by atoms with Gasteiger partial charge in [-0.05, 0) is 18.5 Å². The first kappa shape index (κ1) is 14.1. The quantitative estimate of drug-likeness (QED) is 0.497. The lowest BCUT2D eigenvalue weighted by molar-refractivity contribution is 0.111. The first-order valence-electron chi connectivity index (χ1n) is 5.40. The summed E-state index contributed by atoms with van der Waals surface area (Å²) in [7, 11) is 0. The number of rotatable bonds is 6. The zero-order chi connectivity index (χ0) is 13.1. The maximum atomic E-state index is 5.96. The van der Waals surface area contributed by atoms with E-state index < -0.39 is 0 Å². The van der Waals surface area contributed by atoms with Crippen molar-refractivity contribution in [1.82, 2.24) is 9.97 Å². The zero-order valence-electron chi connectivity index (χ0n) is 9.62. The minimum absolute atomic E-state index is 0.0169. The molecule has 18 heavy (non-hydrogen) atoms. The average Bonchev–Trinajstić information content (AvgIpc) is 3.09. The van der Waals surface area contributed by atoms with Crippen molar-refractivity contribution < 1.29 is 9.47 Å². The van der Waals surface area contributed by atoms with Crippen LogP contribution in [0.5, 0.6) is 0 Å². The minimum atomic E-state index is 0.0169. The highest BCUT2D eigenvalue weighted by Gasteiger charge is 2.22. The highest BCUT2D eigenvalue weighted by molar-refractivity contribution is 6.43. The summed E-state index contributed by atoms with van der Waals surface area (Å²) >= 11 is 17.5. The molecule has 100 valence electrons. The second kappa shape index (κ2) is 6.21. The molecule has 8 heteroatoms. The third kappa shape index (κ3) is 4.10. The molecule has 2 rings (SSSR count). The van der Waals surface area contributed by atoms with Crippen molar-refractivity contribution in [1.29, 1.82) is 0 Å². The van der Waals surface area contributed by atoms with Crippen LogP contribution >= 0.6 is 34.8 Å². The second-order valence-electron chi connectivity index (χ2n) is 3.98. The molecule has 0 spiro atoms. The van der Waals surface area contributed by atoms with Gasteiger partial charge in [0.25, 0.3) is 0 Å². The van der Waals surface area contributed by atoms with Gasteiger partial charge in [-0.1, -0.05) is 23.2 Å². The van der Waals surface area contributed by atoms with Crippen LogP contribution in [-0.2, 0) is 9.47 Å². The van der Waals surface area contributed by atoms with E-state index in [1.165, 1.54) is 0 Å². The summed E-state index contributed by atoms with van der Waals surface area (Å²) in [5.41, 5.74) is 0. The van der Waals surface area contributed by atoms with Crippen molar-refractivity contribution in [3.8, 4) is 0 Å². The van der Waals surface area contributed by atoms with Crippen LogP contribution in [0.3, 0.4) is 0 Å². The Morgan fingerprint density at radius 3 is 2.83 bits per heavy atom. The van der Waals surface area contributed by atoms with Gasteiger partial charge in [-0.25, -0.2) is 4.98 Å². The minimum Gasteiger partial charge on any atom is -0.377 e. The molecule has 1 saturated heterocycles. The Morgan fingerprint density at radius 1 is 1.44 bits per heavy atom. The standard InChI is InChI=1S/C10H12Cl3N3O2/c1-5(2-17-3-6-4-18-6)14-9-7(11)8(12)15-10(13)16-9/h5-6H,2-4H2,1H3,(H,14,15,16)/t5-,6-/m1/s1. The van der Waals surface area contributed by atoms with Gasteiger partial charge in [0.05, 0.1) is 19.8 Å². The molecule has 1 fully saturated rings. The van der Waals surface area contributed by atoms with Gasteiger partial charge in [-0.3, -0.25) is 0 Å². The van der Waals surface area contributed by atoms with Gasteiger partial charge >= 0.3 is 0 Å². The largest absolute Gasteiger partial charge is 0.377 e. The maximum absolute atomic E-state index is 5.96. The molecule has 0 aliphatic carbocycles. The Bertz CT molecular complexity index is 429. The number of epoxide rings is 1. The molecular weight excluding hydrogens is 300 g/mol. The molecule has 5 nitrogen and oxygen atoms in total. The Hall–Kier alpha value is -0.330. The molecule has 1 N–H and O–H groups in total. The van der Waals surface area contributed by atoms with Gasteiger partial charge in [0.1, 0.15) is 11.1 Å². The normalized spacial score (nSPS) is 19.7. The SMILES string of the molecule is C[C@H](COC[C@@H]1CO1)Nc1nc(Cl)nc(Cl)c1Cl. The Labute approximate surface area is 120 Å². The molecule has 0 aromatic carbocycles. The van der Waals surface area contributed by atoms with Gasteiger partial charge in [-0.15, -0.1) is 0 Å². The van der Waals surface area contributed by atoms with Crippen molar-refractivity contribution in [2.75, 3.05) is 25.1 Å². The summed E-state index contributed by atoms with van der Waals surface area (Å²) in [5.74, 6) is 0.403. The summed E-state index contributed by atoms with van der Waals surface area (Å²) in [6.07, 6.45) is 0.253. The first-order chi connectivity index (χ1) is 8.56. The number of ether oxygens (including phenoxy) is 2. The van der Waals surface area contributed by atoms with Crippen LogP contribution in [0.4, 0.5) is 5.82 Å². The maximum Gasteiger partial charge on any atom is 0.225 e.